The van der Waals surface area contributed by atoms with Crippen molar-refractivity contribution in [2.24, 2.45) is 11.3 Å². The second-order valence-electron chi connectivity index (χ2n) is 10.0. The first-order valence-electron chi connectivity index (χ1n) is 12.2. The number of nitrogens with zero attached hydrogens (tertiary/aromatic N) is 1. The smallest absolute Gasteiger partial charge is 0.336 e. The van der Waals surface area contributed by atoms with Gasteiger partial charge in [0, 0.05) is 19.0 Å². The van der Waals surface area contributed by atoms with Gasteiger partial charge < -0.3 is 15.1 Å². The second kappa shape index (κ2) is 9.17. The molecule has 0 bridgehead atoms. The average molecular weight is 472 g/mol. The third kappa shape index (κ3) is 4.65. The van der Waals surface area contributed by atoms with Gasteiger partial charge in [0.1, 0.15) is 0 Å². The minimum atomic E-state index is -0.960. The van der Waals surface area contributed by atoms with Crippen LogP contribution in [0.1, 0.15) is 54.4 Å². The molecule has 2 fully saturated rings. The van der Waals surface area contributed by atoms with E-state index in [1.807, 2.05) is 48.5 Å². The molecule has 2 aliphatic carbocycles. The average Bonchev–Trinajstić information content (AvgIpc) is 3.60. The van der Waals surface area contributed by atoms with E-state index in [-0.39, 0.29) is 23.9 Å². The van der Waals surface area contributed by atoms with Gasteiger partial charge in [0.05, 0.1) is 11.0 Å². The lowest BCUT2D eigenvalue weighted by Gasteiger charge is -2.32. The number of hydrogen-bond acceptors (Lipinski definition) is 3. The number of carbonyl (C=O) groups is 3. The Labute approximate surface area is 204 Å². The highest BCUT2D eigenvalue weighted by molar-refractivity contribution is 5.98. The number of carbonyl (C=O) groups excluding carboxylic acids is 1. The van der Waals surface area contributed by atoms with Crippen LogP contribution < -0.4 is 0 Å². The van der Waals surface area contributed by atoms with Gasteiger partial charge in [-0.25, -0.2) is 4.79 Å². The lowest BCUT2D eigenvalue weighted by Crippen LogP contribution is -2.44. The molecule has 3 aromatic rings. The predicted molar refractivity (Wildman–Crippen MR) is 133 cm³/mol. The molecule has 1 amide bonds. The van der Waals surface area contributed by atoms with Crippen molar-refractivity contribution in [2.75, 3.05) is 6.54 Å². The number of aliphatic carboxylic acids is 1. The minimum Gasteiger partial charge on any atom is -0.481 e. The number of carboxylic acids is 2. The Kier molecular flexibility index (Phi) is 6.05. The van der Waals surface area contributed by atoms with Crippen LogP contribution >= 0.6 is 0 Å². The molecule has 0 radical (unpaired) electrons. The molecule has 3 aromatic carbocycles. The van der Waals surface area contributed by atoms with Crippen LogP contribution in [0.2, 0.25) is 0 Å². The monoisotopic (exact) mass is 471 g/mol. The van der Waals surface area contributed by atoms with E-state index in [4.69, 9.17) is 0 Å². The molecule has 0 spiro atoms. The fourth-order valence-corrected chi connectivity index (χ4v) is 5.36. The van der Waals surface area contributed by atoms with Crippen molar-refractivity contribution >= 4 is 28.6 Å². The summed E-state index contributed by atoms with van der Waals surface area (Å²) in [4.78, 5) is 38.6. The Morgan fingerprint density at radius 3 is 2.26 bits per heavy atom. The summed E-state index contributed by atoms with van der Waals surface area (Å²) in [6, 6.07) is 18.8. The van der Waals surface area contributed by atoms with Gasteiger partial charge in [0.25, 0.3) is 0 Å². The van der Waals surface area contributed by atoms with Crippen molar-refractivity contribution in [3.05, 3.63) is 71.8 Å². The molecule has 6 nitrogen and oxygen atoms in total. The van der Waals surface area contributed by atoms with Gasteiger partial charge in [-0.3, -0.25) is 9.59 Å². The van der Waals surface area contributed by atoms with E-state index in [0.717, 1.165) is 47.6 Å². The minimum absolute atomic E-state index is 0.0274. The van der Waals surface area contributed by atoms with Crippen LogP contribution in [0.25, 0.3) is 21.9 Å². The molecule has 0 aromatic heterocycles. The lowest BCUT2D eigenvalue weighted by molar-refractivity contribution is -0.152. The van der Waals surface area contributed by atoms with Crippen molar-refractivity contribution in [2.45, 2.75) is 45.1 Å². The molecular formula is C29H29NO5. The Morgan fingerprint density at radius 2 is 1.57 bits per heavy atom. The fourth-order valence-electron chi connectivity index (χ4n) is 5.36. The SMILES string of the molecule is O=C(O)c1ccccc1-c1ccc2cc(CN(CC3(C(=O)O)CCCC3)C(=O)C3CC3)ccc2c1. The molecule has 180 valence electrons. The van der Waals surface area contributed by atoms with Crippen LogP contribution in [-0.2, 0) is 16.1 Å². The summed E-state index contributed by atoms with van der Waals surface area (Å²) in [6.07, 6.45) is 4.79. The zero-order chi connectivity index (χ0) is 24.6. The van der Waals surface area contributed by atoms with E-state index in [2.05, 4.69) is 0 Å². The highest BCUT2D eigenvalue weighted by atomic mass is 16.4. The molecule has 2 saturated carbocycles. The van der Waals surface area contributed by atoms with Crippen LogP contribution in [0, 0.1) is 11.3 Å². The highest BCUT2D eigenvalue weighted by Gasteiger charge is 2.45. The summed E-state index contributed by atoms with van der Waals surface area (Å²) >= 11 is 0. The first-order valence-corrected chi connectivity index (χ1v) is 12.2. The van der Waals surface area contributed by atoms with Gasteiger partial charge in [-0.2, -0.15) is 0 Å². The summed E-state index contributed by atoms with van der Waals surface area (Å²) in [5.41, 5.74) is 1.88. The Balaban J connectivity index is 1.42. The van der Waals surface area contributed by atoms with E-state index in [9.17, 15) is 24.6 Å². The van der Waals surface area contributed by atoms with Crippen LogP contribution in [0.5, 0.6) is 0 Å². The van der Waals surface area contributed by atoms with Gasteiger partial charge in [0.15, 0.2) is 0 Å². The molecular weight excluding hydrogens is 442 g/mol. The van der Waals surface area contributed by atoms with Crippen molar-refractivity contribution in [1.82, 2.24) is 4.90 Å². The molecule has 35 heavy (non-hydrogen) atoms. The molecule has 5 rings (SSSR count). The molecule has 0 aliphatic heterocycles. The number of fused-ring (bicyclic) bond motifs is 1. The van der Waals surface area contributed by atoms with E-state index in [0.29, 0.717) is 24.9 Å². The first-order chi connectivity index (χ1) is 16.9. The van der Waals surface area contributed by atoms with Crippen LogP contribution in [0.3, 0.4) is 0 Å². The zero-order valence-electron chi connectivity index (χ0n) is 19.6. The summed E-state index contributed by atoms with van der Waals surface area (Å²) < 4.78 is 0. The molecule has 0 unspecified atom stereocenters. The number of hydrogen-bond donors (Lipinski definition) is 2. The summed E-state index contributed by atoms with van der Waals surface area (Å²) in [6.45, 7) is 0.657. The van der Waals surface area contributed by atoms with Crippen LogP contribution in [-0.4, -0.2) is 39.5 Å². The van der Waals surface area contributed by atoms with E-state index in [1.54, 1.807) is 17.0 Å². The van der Waals surface area contributed by atoms with E-state index >= 15 is 0 Å². The van der Waals surface area contributed by atoms with Gasteiger partial charge in [-0.1, -0.05) is 55.3 Å². The van der Waals surface area contributed by atoms with Gasteiger partial charge in [-0.05, 0) is 71.3 Å². The van der Waals surface area contributed by atoms with Crippen molar-refractivity contribution in [3.63, 3.8) is 0 Å². The maximum Gasteiger partial charge on any atom is 0.336 e. The normalized spacial score (nSPS) is 16.8. The number of aromatic carboxylic acids is 1. The summed E-state index contributed by atoms with van der Waals surface area (Å²) in [5, 5.41) is 21.5. The van der Waals surface area contributed by atoms with Crippen molar-refractivity contribution in [3.8, 4) is 11.1 Å². The molecule has 6 heteroatoms. The Hall–Kier alpha value is -3.67. The Bertz CT molecular complexity index is 1300. The van der Waals surface area contributed by atoms with Gasteiger partial charge >= 0.3 is 11.9 Å². The fraction of sp³-hybridized carbons (Fsp3) is 0.345. The van der Waals surface area contributed by atoms with Crippen molar-refractivity contribution < 1.29 is 24.6 Å². The van der Waals surface area contributed by atoms with E-state index in [1.165, 1.54) is 0 Å². The number of benzene rings is 3. The third-order valence-electron chi connectivity index (χ3n) is 7.49. The van der Waals surface area contributed by atoms with Crippen molar-refractivity contribution in [1.29, 1.82) is 0 Å². The van der Waals surface area contributed by atoms with Gasteiger partial charge in [0.2, 0.25) is 5.91 Å². The number of rotatable bonds is 8. The number of amides is 1. The largest absolute Gasteiger partial charge is 0.481 e. The summed E-state index contributed by atoms with van der Waals surface area (Å²) in [5.74, 6) is -1.66. The molecule has 2 aliphatic rings. The maximum atomic E-state index is 13.1. The number of carboxylic acid groups (broad SMARTS) is 2. The quantitative estimate of drug-likeness (QED) is 0.447. The van der Waals surface area contributed by atoms with Gasteiger partial charge in [-0.15, -0.1) is 0 Å². The zero-order valence-corrected chi connectivity index (χ0v) is 19.6. The Morgan fingerprint density at radius 1 is 0.886 bits per heavy atom. The van der Waals surface area contributed by atoms with Crippen LogP contribution in [0.15, 0.2) is 60.7 Å². The molecule has 0 saturated heterocycles. The molecule has 0 atom stereocenters. The third-order valence-corrected chi connectivity index (χ3v) is 7.49. The maximum absolute atomic E-state index is 13.1. The topological polar surface area (TPSA) is 94.9 Å². The lowest BCUT2D eigenvalue weighted by atomic mass is 9.85. The standard InChI is InChI=1S/C29H29NO5/c31-26(20-9-10-20)30(18-29(28(34)35)13-3-4-14-29)17-19-7-8-22-16-23(12-11-21(22)15-19)24-5-1-2-6-25(24)27(32)33/h1-2,5-8,11-12,15-16,20H,3-4,9-10,13-14,17-18H2,(H,32,33)(H,34,35). The predicted octanol–water partition coefficient (Wildman–Crippen LogP) is 5.59. The van der Waals surface area contributed by atoms with Crippen LogP contribution in [0.4, 0.5) is 0 Å². The molecule has 0 heterocycles. The second-order valence-corrected chi connectivity index (χ2v) is 10.0. The van der Waals surface area contributed by atoms with E-state index < -0.39 is 17.4 Å². The summed E-state index contributed by atoms with van der Waals surface area (Å²) in [7, 11) is 0. The molecule has 2 N–H and O–H groups in total. The highest BCUT2D eigenvalue weighted by Crippen LogP contribution is 2.41. The first kappa shape index (κ1) is 23.1.